The van der Waals surface area contributed by atoms with Crippen molar-refractivity contribution in [1.29, 1.82) is 0 Å². The monoisotopic (exact) mass is 707 g/mol. The third-order valence-corrected chi connectivity index (χ3v) is 7.39. The first-order chi connectivity index (χ1) is 17.8. The molecule has 2 aromatic carbocycles. The van der Waals surface area contributed by atoms with E-state index in [-0.39, 0.29) is 35.0 Å². The molecule has 2 heterocycles. The van der Waals surface area contributed by atoms with E-state index in [1.54, 1.807) is 7.05 Å². The Kier molecular flexibility index (Phi) is 10.8. The number of rotatable bonds is 4. The highest BCUT2D eigenvalue weighted by atomic mass is 127. The minimum Gasteiger partial charge on any atom is -1.00 e. The number of halogens is 5. The minimum atomic E-state index is -6.09. The number of morpholine rings is 2. The van der Waals surface area contributed by atoms with Gasteiger partial charge in [-0.25, -0.2) is 8.42 Å². The third kappa shape index (κ3) is 8.32. The van der Waals surface area contributed by atoms with Crippen LogP contribution in [0.5, 0.6) is 0 Å². The van der Waals surface area contributed by atoms with Gasteiger partial charge in [0.25, 0.3) is 0 Å². The number of hydrogen-bond acceptors (Lipinski definition) is 7. The van der Waals surface area contributed by atoms with E-state index in [4.69, 9.17) is 22.4 Å². The molecule has 2 fully saturated rings. The number of ether oxygens (including phenoxy) is 2. The summed E-state index contributed by atoms with van der Waals surface area (Å²) in [5, 5.41) is 22.0. The lowest BCUT2D eigenvalue weighted by Crippen LogP contribution is -3.00. The first-order valence-electron chi connectivity index (χ1n) is 12.0. The Bertz CT molecular complexity index is 1250. The number of likely N-dealkylation sites (N-methyl/N-ethyl adjacent to an activating group) is 2. The van der Waals surface area contributed by atoms with Crippen LogP contribution in [0, 0.1) is 0 Å². The highest BCUT2D eigenvalue weighted by Crippen LogP contribution is 2.33. The number of hydrogen-bond donors (Lipinski definition) is 2. The van der Waals surface area contributed by atoms with Crippen LogP contribution in [0.4, 0.5) is 17.6 Å². The third-order valence-electron chi connectivity index (χ3n) is 6.83. The first kappa shape index (κ1) is 34.8. The summed E-state index contributed by atoms with van der Waals surface area (Å²) in [5.74, 6) is -2.78. The molecule has 0 spiro atoms. The highest BCUT2D eigenvalue weighted by molar-refractivity contribution is 7.86. The Morgan fingerprint density at radius 2 is 1.23 bits per heavy atom. The molecular formula is C25H33F4IN2O7S. The van der Waals surface area contributed by atoms with Gasteiger partial charge in [-0.05, 0) is 11.1 Å². The average Bonchev–Trinajstić information content (AvgIpc) is 2.83. The van der Waals surface area contributed by atoms with Gasteiger partial charge in [0.05, 0.1) is 34.4 Å². The molecule has 2 aliphatic rings. The Morgan fingerprint density at radius 1 is 0.850 bits per heavy atom. The first-order valence-corrected chi connectivity index (χ1v) is 13.4. The molecule has 3 atom stereocenters. The molecule has 0 saturated carbocycles. The maximum Gasteiger partial charge on any atom is 0.485 e. The highest BCUT2D eigenvalue weighted by Gasteiger charge is 2.44. The van der Waals surface area contributed by atoms with Crippen molar-refractivity contribution in [3.8, 4) is 11.1 Å². The number of nitrogens with zero attached hydrogens (tertiary/aromatic N) is 2. The van der Waals surface area contributed by atoms with Crippen molar-refractivity contribution in [2.45, 2.75) is 17.1 Å². The van der Waals surface area contributed by atoms with Crippen molar-refractivity contribution in [2.75, 3.05) is 67.3 Å². The van der Waals surface area contributed by atoms with Crippen LogP contribution >= 0.6 is 0 Å². The van der Waals surface area contributed by atoms with E-state index in [0.29, 0.717) is 36.3 Å². The fourth-order valence-electron chi connectivity index (χ4n) is 4.54. The molecule has 226 valence electrons. The number of quaternary nitrogens is 2. The Morgan fingerprint density at radius 3 is 1.57 bits per heavy atom. The predicted molar refractivity (Wildman–Crippen MR) is 131 cm³/mol. The lowest BCUT2D eigenvalue weighted by molar-refractivity contribution is -0.941. The van der Waals surface area contributed by atoms with Gasteiger partial charge in [0.1, 0.15) is 26.2 Å². The smallest absolute Gasteiger partial charge is 0.485 e. The van der Waals surface area contributed by atoms with Gasteiger partial charge in [0.2, 0.25) is 18.4 Å². The fraction of sp³-hybridized carbons (Fsp3) is 0.520. The topological polar surface area (TPSA) is 116 Å². The summed E-state index contributed by atoms with van der Waals surface area (Å²) in [4.78, 5) is 0. The van der Waals surface area contributed by atoms with Gasteiger partial charge < -0.3 is 52.7 Å². The Hall–Kier alpha value is -1.44. The molecule has 3 unspecified atom stereocenters. The molecule has 2 saturated heterocycles. The molecule has 0 amide bonds. The SMILES string of the molecule is C[N+]1(C)CCOC(O)(c2ccc(-c3ccc(C4(O)C[N+](C)(C[18F])CCO4)cc3)cc2)C1.O=S(=O)([O-])C(F)(F)F.[I-]. The summed E-state index contributed by atoms with van der Waals surface area (Å²) >= 11 is 0. The standard InChI is InChI=1S/C24H33FN2O4.CHF3O3S.HI/c1-26(2)12-14-30-23(28,16-26)21-8-4-19(5-9-21)20-6-10-22(11-7-20)24(29)17-27(3,18-25)13-15-31-24;2-1(3,4)8(5,6)7;/h4-11,28-29H,12-18H2,1-3H3;(H,5,6,7);1H/q+2;;/p-2/i25-1;;. The van der Waals surface area contributed by atoms with E-state index < -0.39 is 34.0 Å². The van der Waals surface area contributed by atoms with Gasteiger partial charge in [-0.1, -0.05) is 48.5 Å². The quantitative estimate of drug-likeness (QED) is 0.107. The van der Waals surface area contributed by atoms with Crippen molar-refractivity contribution in [3.63, 3.8) is 0 Å². The number of alkyl halides is 4. The van der Waals surface area contributed by atoms with E-state index >= 15 is 0 Å². The summed E-state index contributed by atoms with van der Waals surface area (Å²) in [6.45, 7) is 2.35. The van der Waals surface area contributed by atoms with Gasteiger partial charge in [0.15, 0.2) is 10.1 Å². The van der Waals surface area contributed by atoms with Gasteiger partial charge in [0, 0.05) is 11.1 Å². The van der Waals surface area contributed by atoms with Crippen molar-refractivity contribution >= 4 is 10.1 Å². The van der Waals surface area contributed by atoms with Crippen LogP contribution < -0.4 is 24.0 Å². The summed E-state index contributed by atoms with van der Waals surface area (Å²) in [7, 11) is -0.134. The lowest BCUT2D eigenvalue weighted by Gasteiger charge is -2.43. The normalized spacial score (nSPS) is 28.6. The lowest BCUT2D eigenvalue weighted by atomic mass is 9.96. The Balaban J connectivity index is 0.000000546. The minimum absolute atomic E-state index is 0. The zero-order chi connectivity index (χ0) is 29.3. The summed E-state index contributed by atoms with van der Waals surface area (Å²) in [5.41, 5.74) is -2.32. The maximum atomic E-state index is 13.4. The van der Waals surface area contributed by atoms with Crippen LogP contribution in [-0.4, -0.2) is 105 Å². The van der Waals surface area contributed by atoms with Gasteiger partial charge in [-0.15, -0.1) is 0 Å². The van der Waals surface area contributed by atoms with Crippen LogP contribution in [0.3, 0.4) is 0 Å². The van der Waals surface area contributed by atoms with E-state index in [2.05, 4.69) is 14.1 Å². The summed E-state index contributed by atoms with van der Waals surface area (Å²) in [6, 6.07) is 15.2. The number of aliphatic hydroxyl groups is 2. The molecule has 15 heteroatoms. The van der Waals surface area contributed by atoms with Crippen LogP contribution in [0.15, 0.2) is 48.5 Å². The zero-order valence-electron chi connectivity index (χ0n) is 22.2. The zero-order valence-corrected chi connectivity index (χ0v) is 25.2. The van der Waals surface area contributed by atoms with Crippen molar-refractivity contribution < 1.29 is 83.2 Å². The molecule has 0 aromatic heterocycles. The fourth-order valence-corrected chi connectivity index (χ4v) is 4.54. The molecule has 2 aliphatic heterocycles. The summed E-state index contributed by atoms with van der Waals surface area (Å²) in [6.07, 6.45) is 0. The maximum absolute atomic E-state index is 13.4. The summed E-state index contributed by atoms with van der Waals surface area (Å²) < 4.78 is 84.5. The predicted octanol–water partition coefficient (Wildman–Crippen LogP) is -0.790. The second kappa shape index (κ2) is 12.4. The molecule has 0 aliphatic carbocycles. The largest absolute Gasteiger partial charge is 1.00 e. The molecular weight excluding hydrogens is 674 g/mol. The van der Waals surface area contributed by atoms with Crippen LogP contribution in [-0.2, 0) is 31.2 Å². The molecule has 4 rings (SSSR count). The van der Waals surface area contributed by atoms with Crippen molar-refractivity contribution in [2.24, 2.45) is 0 Å². The van der Waals surface area contributed by atoms with E-state index in [1.807, 2.05) is 48.5 Å². The van der Waals surface area contributed by atoms with E-state index in [0.717, 1.165) is 23.2 Å². The van der Waals surface area contributed by atoms with Crippen LogP contribution in [0.25, 0.3) is 11.1 Å². The van der Waals surface area contributed by atoms with Crippen molar-refractivity contribution in [3.05, 3.63) is 59.7 Å². The molecule has 2 aromatic rings. The van der Waals surface area contributed by atoms with Crippen LogP contribution in [0.2, 0.25) is 0 Å². The molecule has 9 nitrogen and oxygen atoms in total. The van der Waals surface area contributed by atoms with Gasteiger partial charge in [-0.2, -0.15) is 17.6 Å². The molecule has 2 N–H and O–H groups in total. The molecule has 40 heavy (non-hydrogen) atoms. The second-order valence-electron chi connectivity index (χ2n) is 10.8. The average molecular weight is 708 g/mol. The molecule has 0 bridgehead atoms. The van der Waals surface area contributed by atoms with Gasteiger partial charge in [-0.3, -0.25) is 4.48 Å². The van der Waals surface area contributed by atoms with Gasteiger partial charge >= 0.3 is 5.51 Å². The van der Waals surface area contributed by atoms with E-state index in [9.17, 15) is 27.8 Å². The Labute approximate surface area is 247 Å². The van der Waals surface area contributed by atoms with Crippen molar-refractivity contribution in [1.82, 2.24) is 0 Å². The number of benzene rings is 2. The van der Waals surface area contributed by atoms with E-state index in [1.165, 1.54) is 0 Å². The molecule has 0 radical (unpaired) electrons. The second-order valence-corrected chi connectivity index (χ2v) is 12.1. The van der Waals surface area contributed by atoms with Crippen LogP contribution in [0.1, 0.15) is 11.1 Å².